The minimum absolute atomic E-state index is 0.233. The smallest absolute Gasteiger partial charge is 0.147 e. The van der Waals surface area contributed by atoms with Crippen molar-refractivity contribution in [2.45, 2.75) is 17.2 Å². The van der Waals surface area contributed by atoms with Gasteiger partial charge in [-0.3, -0.25) is 0 Å². The number of fused-ring (bicyclic) bond motifs is 1. The van der Waals surface area contributed by atoms with Gasteiger partial charge in [0.1, 0.15) is 12.4 Å². The SMILES string of the molecule is [CH]1Oc2cccc(SCC3C=CC=CC3)c2C1c1ccccc1. The van der Waals surface area contributed by atoms with Crippen LogP contribution in [0, 0.1) is 12.5 Å². The normalized spacial score (nSPS) is 21.9. The lowest BCUT2D eigenvalue weighted by atomic mass is 9.93. The molecule has 2 unspecified atom stereocenters. The molecular formula is C21H19OS. The predicted octanol–water partition coefficient (Wildman–Crippen LogP) is 5.60. The third-order valence-electron chi connectivity index (χ3n) is 4.35. The lowest BCUT2D eigenvalue weighted by molar-refractivity contribution is 0.424. The van der Waals surface area contributed by atoms with Crippen molar-refractivity contribution in [3.63, 3.8) is 0 Å². The molecule has 2 aliphatic rings. The maximum Gasteiger partial charge on any atom is 0.147 e. The maximum absolute atomic E-state index is 5.83. The minimum atomic E-state index is 0.233. The summed E-state index contributed by atoms with van der Waals surface area (Å²) < 4.78 is 5.83. The van der Waals surface area contributed by atoms with Crippen LogP contribution in [-0.4, -0.2) is 5.75 Å². The van der Waals surface area contributed by atoms with E-state index in [1.165, 1.54) is 16.0 Å². The molecule has 2 atom stereocenters. The first-order chi connectivity index (χ1) is 11.4. The average Bonchev–Trinajstić information content (AvgIpc) is 3.06. The van der Waals surface area contributed by atoms with Gasteiger partial charge in [0.25, 0.3) is 0 Å². The Labute approximate surface area is 142 Å². The molecule has 2 heteroatoms. The first-order valence-electron chi connectivity index (χ1n) is 8.06. The third kappa shape index (κ3) is 3.09. The van der Waals surface area contributed by atoms with Crippen LogP contribution in [0.2, 0.25) is 0 Å². The van der Waals surface area contributed by atoms with Gasteiger partial charge >= 0.3 is 0 Å². The summed E-state index contributed by atoms with van der Waals surface area (Å²) >= 11 is 1.95. The monoisotopic (exact) mass is 319 g/mol. The zero-order valence-corrected chi connectivity index (χ0v) is 13.7. The van der Waals surface area contributed by atoms with Gasteiger partial charge in [0.15, 0.2) is 0 Å². The first kappa shape index (κ1) is 14.6. The zero-order chi connectivity index (χ0) is 15.5. The van der Waals surface area contributed by atoms with E-state index < -0.39 is 0 Å². The Morgan fingerprint density at radius 1 is 1.00 bits per heavy atom. The topological polar surface area (TPSA) is 9.23 Å². The molecule has 1 heterocycles. The summed E-state index contributed by atoms with van der Waals surface area (Å²) in [5.74, 6) is 2.97. The highest BCUT2D eigenvalue weighted by Crippen LogP contribution is 2.46. The van der Waals surface area contributed by atoms with Crippen LogP contribution in [0.25, 0.3) is 0 Å². The van der Waals surface area contributed by atoms with Crippen molar-refractivity contribution in [3.05, 3.63) is 90.6 Å². The summed E-state index contributed by atoms with van der Waals surface area (Å²) in [7, 11) is 0. The maximum atomic E-state index is 5.83. The molecule has 0 N–H and O–H groups in total. The van der Waals surface area contributed by atoms with E-state index in [-0.39, 0.29) is 5.92 Å². The Bertz CT molecular complexity index is 733. The number of rotatable bonds is 4. The highest BCUT2D eigenvalue weighted by atomic mass is 32.2. The quantitative estimate of drug-likeness (QED) is 0.679. The van der Waals surface area contributed by atoms with Crippen molar-refractivity contribution in [2.75, 3.05) is 5.75 Å². The number of hydrogen-bond acceptors (Lipinski definition) is 2. The predicted molar refractivity (Wildman–Crippen MR) is 96.8 cm³/mol. The molecule has 2 aromatic carbocycles. The van der Waals surface area contributed by atoms with Gasteiger partial charge in [-0.25, -0.2) is 0 Å². The van der Waals surface area contributed by atoms with Gasteiger partial charge in [-0.05, 0) is 30.0 Å². The van der Waals surface area contributed by atoms with Gasteiger partial charge in [0.2, 0.25) is 0 Å². The molecule has 1 aliphatic carbocycles. The zero-order valence-electron chi connectivity index (χ0n) is 12.9. The van der Waals surface area contributed by atoms with Gasteiger partial charge in [0, 0.05) is 16.2 Å². The lowest BCUT2D eigenvalue weighted by Crippen LogP contribution is -2.02. The van der Waals surface area contributed by atoms with Crippen LogP contribution in [0.1, 0.15) is 23.5 Å². The summed E-state index contributed by atoms with van der Waals surface area (Å²) in [4.78, 5) is 1.34. The van der Waals surface area contributed by atoms with Crippen molar-refractivity contribution in [2.24, 2.45) is 5.92 Å². The molecule has 0 aromatic heterocycles. The second-order valence-corrected chi connectivity index (χ2v) is 6.99. The molecule has 2 aromatic rings. The van der Waals surface area contributed by atoms with E-state index >= 15 is 0 Å². The average molecular weight is 319 g/mol. The molecule has 23 heavy (non-hydrogen) atoms. The molecular weight excluding hydrogens is 300 g/mol. The highest BCUT2D eigenvalue weighted by molar-refractivity contribution is 7.99. The van der Waals surface area contributed by atoms with Crippen LogP contribution in [0.15, 0.2) is 77.7 Å². The molecule has 0 saturated heterocycles. The van der Waals surface area contributed by atoms with Crippen molar-refractivity contribution in [3.8, 4) is 5.75 Å². The molecule has 0 bridgehead atoms. The van der Waals surface area contributed by atoms with E-state index in [4.69, 9.17) is 4.74 Å². The molecule has 0 saturated carbocycles. The second-order valence-electron chi connectivity index (χ2n) is 5.93. The Hall–Kier alpha value is -1.93. The van der Waals surface area contributed by atoms with Crippen LogP contribution in [0.3, 0.4) is 0 Å². The molecule has 4 rings (SSSR count). The van der Waals surface area contributed by atoms with E-state index in [1.54, 1.807) is 0 Å². The fraction of sp³-hybridized carbons (Fsp3) is 0.190. The summed E-state index contributed by atoms with van der Waals surface area (Å²) in [6.45, 7) is 1.97. The van der Waals surface area contributed by atoms with E-state index in [1.807, 2.05) is 18.4 Å². The summed E-state index contributed by atoms with van der Waals surface area (Å²) in [5, 5.41) is 0. The van der Waals surface area contributed by atoms with Crippen LogP contribution in [-0.2, 0) is 0 Å². The standard InChI is InChI=1S/C21H19OS/c1-3-8-16(9-4-1)15-23-20-13-7-12-19-21(20)18(14-22-19)17-10-5-2-6-11-17/h1-8,10-14,16,18H,9,15H2. The summed E-state index contributed by atoms with van der Waals surface area (Å²) in [5.41, 5.74) is 2.61. The lowest BCUT2D eigenvalue weighted by Gasteiger charge is -2.16. The highest BCUT2D eigenvalue weighted by Gasteiger charge is 2.29. The van der Waals surface area contributed by atoms with Crippen LogP contribution in [0.4, 0.5) is 0 Å². The van der Waals surface area contributed by atoms with Crippen LogP contribution in [0.5, 0.6) is 5.75 Å². The van der Waals surface area contributed by atoms with Crippen molar-refractivity contribution >= 4 is 11.8 Å². The minimum Gasteiger partial charge on any atom is -0.485 e. The fourth-order valence-corrected chi connectivity index (χ4v) is 4.32. The number of thioether (sulfide) groups is 1. The number of hydrogen-bond donors (Lipinski definition) is 0. The van der Waals surface area contributed by atoms with Crippen molar-refractivity contribution in [1.29, 1.82) is 0 Å². The van der Waals surface area contributed by atoms with Crippen LogP contribution >= 0.6 is 11.8 Å². The Balaban J connectivity index is 1.58. The van der Waals surface area contributed by atoms with Gasteiger partial charge in [-0.15, -0.1) is 11.8 Å². The molecule has 1 aliphatic heterocycles. The summed E-state index contributed by atoms with van der Waals surface area (Å²) in [6.07, 6.45) is 10.0. The Morgan fingerprint density at radius 2 is 1.91 bits per heavy atom. The van der Waals surface area contributed by atoms with E-state index in [0.29, 0.717) is 5.92 Å². The molecule has 115 valence electrons. The number of benzene rings is 2. The Kier molecular flexibility index (Phi) is 4.25. The molecule has 0 spiro atoms. The molecule has 0 fully saturated rings. The second kappa shape index (κ2) is 6.67. The van der Waals surface area contributed by atoms with Crippen molar-refractivity contribution in [1.82, 2.24) is 0 Å². The number of ether oxygens (including phenoxy) is 1. The van der Waals surface area contributed by atoms with Crippen molar-refractivity contribution < 1.29 is 4.74 Å². The summed E-state index contributed by atoms with van der Waals surface area (Å²) in [6, 6.07) is 17.0. The first-order valence-corrected chi connectivity index (χ1v) is 9.04. The van der Waals surface area contributed by atoms with Gasteiger partial charge in [0.05, 0.1) is 5.92 Å². The van der Waals surface area contributed by atoms with Gasteiger partial charge in [-0.2, -0.15) is 0 Å². The Morgan fingerprint density at radius 3 is 2.74 bits per heavy atom. The number of allylic oxidation sites excluding steroid dienone is 4. The van der Waals surface area contributed by atoms with Crippen LogP contribution < -0.4 is 4.74 Å². The fourth-order valence-electron chi connectivity index (χ4n) is 3.13. The van der Waals surface area contributed by atoms with E-state index in [9.17, 15) is 0 Å². The van der Waals surface area contributed by atoms with E-state index in [2.05, 4.69) is 72.8 Å². The van der Waals surface area contributed by atoms with E-state index in [0.717, 1.165) is 17.9 Å². The van der Waals surface area contributed by atoms with Gasteiger partial charge in [-0.1, -0.05) is 60.7 Å². The third-order valence-corrected chi connectivity index (χ3v) is 5.61. The molecule has 1 radical (unpaired) electrons. The largest absolute Gasteiger partial charge is 0.485 e. The van der Waals surface area contributed by atoms with Gasteiger partial charge < -0.3 is 4.74 Å². The molecule has 1 nitrogen and oxygen atoms in total. The molecule has 0 amide bonds.